The number of hydrogen-bond donors (Lipinski definition) is 0. The van der Waals surface area contributed by atoms with Crippen LogP contribution in [0.4, 0.5) is 4.79 Å². The van der Waals surface area contributed by atoms with Gasteiger partial charge in [-0.05, 0) is 35.8 Å². The summed E-state index contributed by atoms with van der Waals surface area (Å²) < 4.78 is 10.9. The number of rotatable bonds is 5. The summed E-state index contributed by atoms with van der Waals surface area (Å²) in [5.41, 5.74) is 4.50. The van der Waals surface area contributed by atoms with Gasteiger partial charge in [-0.3, -0.25) is 9.69 Å². The number of hydrogen-bond acceptors (Lipinski definition) is 6. The lowest BCUT2D eigenvalue weighted by atomic mass is 9.78. The van der Waals surface area contributed by atoms with Gasteiger partial charge in [0.2, 0.25) is 5.91 Å². The Kier molecular flexibility index (Phi) is 7.37. The Morgan fingerprint density at radius 1 is 1.08 bits per heavy atom. The number of benzene rings is 1. The molecule has 8 heteroatoms. The molecular formula is C28H39N3O4S. The third-order valence-corrected chi connectivity index (χ3v) is 8.02. The molecular weight excluding hydrogens is 474 g/mol. The number of ether oxygens (including phenoxy) is 2. The van der Waals surface area contributed by atoms with Gasteiger partial charge in [-0.15, -0.1) is 11.3 Å². The fourth-order valence-corrected chi connectivity index (χ4v) is 5.84. The molecule has 0 radical (unpaired) electrons. The molecule has 0 saturated carbocycles. The third kappa shape index (κ3) is 5.53. The average Bonchev–Trinajstić information content (AvgIpc) is 3.46. The third-order valence-electron chi connectivity index (χ3n) is 7.11. The maximum Gasteiger partial charge on any atom is 0.410 e. The number of cyclic esters (lactones) is 1. The summed E-state index contributed by atoms with van der Waals surface area (Å²) in [5.74, 6) is 1.29. The molecule has 2 aliphatic heterocycles. The molecule has 36 heavy (non-hydrogen) atoms. The Balaban J connectivity index is 1.50. The highest BCUT2D eigenvalue weighted by Crippen LogP contribution is 2.43. The predicted molar refractivity (Wildman–Crippen MR) is 143 cm³/mol. The Labute approximate surface area is 218 Å². The lowest BCUT2D eigenvalue weighted by Gasteiger charge is -2.32. The van der Waals surface area contributed by atoms with Crippen molar-refractivity contribution in [3.63, 3.8) is 0 Å². The van der Waals surface area contributed by atoms with Crippen molar-refractivity contribution in [1.29, 1.82) is 0 Å². The van der Waals surface area contributed by atoms with Crippen LogP contribution in [-0.2, 0) is 20.4 Å². The second-order valence-corrected chi connectivity index (χ2v) is 12.7. The summed E-state index contributed by atoms with van der Waals surface area (Å²) in [6.45, 7) is 15.6. The molecule has 2 aromatic rings. The van der Waals surface area contributed by atoms with Crippen molar-refractivity contribution in [1.82, 2.24) is 14.8 Å². The molecule has 2 saturated heterocycles. The van der Waals surface area contributed by atoms with Crippen molar-refractivity contribution in [2.75, 3.05) is 39.9 Å². The van der Waals surface area contributed by atoms with Gasteiger partial charge >= 0.3 is 6.09 Å². The number of carbonyl (C=O) groups excluding carboxylic acids is 2. The van der Waals surface area contributed by atoms with Crippen LogP contribution < -0.4 is 4.74 Å². The minimum atomic E-state index is -0.393. The first-order chi connectivity index (χ1) is 16.9. The Hall–Kier alpha value is -2.61. The Bertz CT molecular complexity index is 1090. The highest BCUT2D eigenvalue weighted by molar-refractivity contribution is 7.13. The summed E-state index contributed by atoms with van der Waals surface area (Å²) in [7, 11) is 1.76. The highest BCUT2D eigenvalue weighted by atomic mass is 32.1. The molecule has 0 N–H and O–H groups in total. The van der Waals surface area contributed by atoms with E-state index in [2.05, 4.69) is 59.1 Å². The number of amides is 2. The van der Waals surface area contributed by atoms with Gasteiger partial charge in [-0.25, -0.2) is 9.78 Å². The SMILES string of the molecule is COc1c(C(C)(C)C)cc(-c2nc(C3CCN(C(=O)CN4CCOC4=O)CC3)cs2)cc1C(C)(C)C. The van der Waals surface area contributed by atoms with Crippen LogP contribution in [0.25, 0.3) is 10.6 Å². The topological polar surface area (TPSA) is 72.0 Å². The van der Waals surface area contributed by atoms with Crippen LogP contribution in [0.2, 0.25) is 0 Å². The quantitative estimate of drug-likeness (QED) is 0.523. The van der Waals surface area contributed by atoms with Crippen molar-refractivity contribution in [3.8, 4) is 16.3 Å². The maximum absolute atomic E-state index is 12.7. The first kappa shape index (κ1) is 26.5. The van der Waals surface area contributed by atoms with Crippen molar-refractivity contribution < 1.29 is 19.1 Å². The standard InChI is InChI=1S/C28H39N3O4S/c1-27(2,3)20-14-19(15-21(24(20)34-7)28(4,5)6)25-29-22(17-36-25)18-8-10-30(11-9-18)23(32)16-31-12-13-35-26(31)33/h14-15,17-18H,8-13,16H2,1-7H3. The van der Waals surface area contributed by atoms with Gasteiger partial charge in [0.25, 0.3) is 0 Å². The van der Waals surface area contributed by atoms with E-state index in [0.717, 1.165) is 34.9 Å². The van der Waals surface area contributed by atoms with E-state index in [1.165, 1.54) is 16.0 Å². The largest absolute Gasteiger partial charge is 0.496 e. The minimum absolute atomic E-state index is 0.00563. The highest BCUT2D eigenvalue weighted by Gasteiger charge is 2.31. The van der Waals surface area contributed by atoms with E-state index >= 15 is 0 Å². The average molecular weight is 514 g/mol. The number of nitrogens with zero attached hydrogens (tertiary/aromatic N) is 3. The number of aromatic nitrogens is 1. The van der Waals surface area contributed by atoms with Crippen molar-refractivity contribution in [2.24, 2.45) is 0 Å². The van der Waals surface area contributed by atoms with Gasteiger partial charge in [-0.2, -0.15) is 0 Å². The van der Waals surface area contributed by atoms with Crippen LogP contribution in [0.1, 0.15) is 77.1 Å². The van der Waals surface area contributed by atoms with Crippen molar-refractivity contribution >= 4 is 23.3 Å². The molecule has 2 amide bonds. The zero-order valence-corrected chi connectivity index (χ0v) is 23.5. The summed E-state index contributed by atoms with van der Waals surface area (Å²) >= 11 is 1.69. The minimum Gasteiger partial charge on any atom is -0.496 e. The van der Waals surface area contributed by atoms with Gasteiger partial charge < -0.3 is 14.4 Å². The number of carbonyl (C=O) groups is 2. The van der Waals surface area contributed by atoms with E-state index in [1.807, 2.05) is 4.90 Å². The second-order valence-electron chi connectivity index (χ2n) is 11.9. The van der Waals surface area contributed by atoms with Crippen LogP contribution in [0, 0.1) is 0 Å². The molecule has 4 rings (SSSR count). The van der Waals surface area contributed by atoms with Crippen molar-refractivity contribution in [3.05, 3.63) is 34.3 Å². The molecule has 3 heterocycles. The molecule has 1 aromatic heterocycles. The Morgan fingerprint density at radius 2 is 1.69 bits per heavy atom. The van der Waals surface area contributed by atoms with E-state index < -0.39 is 6.09 Å². The van der Waals surface area contributed by atoms with Crippen LogP contribution in [0.3, 0.4) is 0 Å². The van der Waals surface area contributed by atoms with Crippen molar-refractivity contribution in [2.45, 2.75) is 71.1 Å². The predicted octanol–water partition coefficient (Wildman–Crippen LogP) is 5.57. The molecule has 1 aromatic carbocycles. The summed E-state index contributed by atoms with van der Waals surface area (Å²) in [4.78, 5) is 32.7. The van der Waals surface area contributed by atoms with E-state index in [4.69, 9.17) is 14.5 Å². The molecule has 7 nitrogen and oxygen atoms in total. The van der Waals surface area contributed by atoms with Gasteiger partial charge in [0, 0.05) is 41.1 Å². The van der Waals surface area contributed by atoms with Crippen LogP contribution in [-0.4, -0.2) is 66.7 Å². The lowest BCUT2D eigenvalue weighted by Crippen LogP contribution is -2.44. The molecule has 2 fully saturated rings. The van der Waals surface area contributed by atoms with Gasteiger partial charge in [0.05, 0.1) is 19.3 Å². The molecule has 0 aliphatic carbocycles. The smallest absolute Gasteiger partial charge is 0.410 e. The summed E-state index contributed by atoms with van der Waals surface area (Å²) in [5, 5.41) is 3.20. The number of methoxy groups -OCH3 is 1. The van der Waals surface area contributed by atoms with Crippen LogP contribution >= 0.6 is 11.3 Å². The van der Waals surface area contributed by atoms with Crippen LogP contribution in [0.15, 0.2) is 17.5 Å². The van der Waals surface area contributed by atoms with Crippen LogP contribution in [0.5, 0.6) is 5.75 Å². The normalized spacial score (nSPS) is 17.5. The first-order valence-electron chi connectivity index (χ1n) is 12.8. The monoisotopic (exact) mass is 513 g/mol. The number of likely N-dealkylation sites (tertiary alicyclic amines) is 1. The lowest BCUT2D eigenvalue weighted by molar-refractivity contribution is -0.132. The number of thiazole rings is 1. The van der Waals surface area contributed by atoms with Gasteiger partial charge in [0.1, 0.15) is 23.9 Å². The van der Waals surface area contributed by atoms with E-state index in [9.17, 15) is 9.59 Å². The molecule has 0 unspecified atom stereocenters. The molecule has 0 spiro atoms. The molecule has 2 aliphatic rings. The first-order valence-corrected chi connectivity index (χ1v) is 13.6. The fourth-order valence-electron chi connectivity index (χ4n) is 4.95. The zero-order chi connectivity index (χ0) is 26.3. The number of piperidine rings is 1. The van der Waals surface area contributed by atoms with E-state index in [-0.39, 0.29) is 23.3 Å². The Morgan fingerprint density at radius 3 is 2.19 bits per heavy atom. The van der Waals surface area contributed by atoms with Gasteiger partial charge in [-0.1, -0.05) is 41.5 Å². The van der Waals surface area contributed by atoms with E-state index in [1.54, 1.807) is 18.4 Å². The summed E-state index contributed by atoms with van der Waals surface area (Å²) in [6.07, 6.45) is 1.36. The zero-order valence-electron chi connectivity index (χ0n) is 22.6. The molecule has 196 valence electrons. The fraction of sp³-hybridized carbons (Fsp3) is 0.607. The molecule has 0 bridgehead atoms. The second kappa shape index (κ2) is 10.0. The van der Waals surface area contributed by atoms with E-state index in [0.29, 0.717) is 32.2 Å². The maximum atomic E-state index is 12.7. The summed E-state index contributed by atoms with van der Waals surface area (Å²) in [6, 6.07) is 4.47. The van der Waals surface area contributed by atoms with Gasteiger partial charge in [0.15, 0.2) is 0 Å². The molecule has 0 atom stereocenters.